The number of aliphatic hydroxyl groups is 1. The van der Waals surface area contributed by atoms with Gasteiger partial charge in [0.05, 0.1) is 6.61 Å². The number of benzene rings is 2. The topological polar surface area (TPSA) is 46.5 Å². The third kappa shape index (κ3) is 10.3. The molecular formula is C31H44O3. The van der Waals surface area contributed by atoms with E-state index in [9.17, 15) is 4.79 Å². The van der Waals surface area contributed by atoms with Gasteiger partial charge in [0.2, 0.25) is 0 Å². The molecule has 3 nitrogen and oxygen atoms in total. The first-order valence-corrected chi connectivity index (χ1v) is 13.2. The lowest BCUT2D eigenvalue weighted by atomic mass is 9.93. The van der Waals surface area contributed by atoms with Gasteiger partial charge in [0.15, 0.2) is 0 Å². The average molecular weight is 465 g/mol. The van der Waals surface area contributed by atoms with Crippen LogP contribution in [0.5, 0.6) is 0 Å². The predicted molar refractivity (Wildman–Crippen MR) is 143 cm³/mol. The van der Waals surface area contributed by atoms with E-state index in [2.05, 4.69) is 56.0 Å². The molecule has 2 aromatic carbocycles. The molecule has 2 aromatic rings. The predicted octanol–water partition coefficient (Wildman–Crippen LogP) is 7.62. The van der Waals surface area contributed by atoms with Gasteiger partial charge in [-0.05, 0) is 60.4 Å². The van der Waals surface area contributed by atoms with Crippen molar-refractivity contribution in [2.45, 2.75) is 90.9 Å². The number of aliphatic hydroxyl groups excluding tert-OH is 1. The molecule has 0 aliphatic rings. The molecule has 0 unspecified atom stereocenters. The molecule has 0 heterocycles. The molecular weight excluding hydrogens is 420 g/mol. The summed E-state index contributed by atoms with van der Waals surface area (Å²) >= 11 is 0. The highest BCUT2D eigenvalue weighted by atomic mass is 16.5. The van der Waals surface area contributed by atoms with Crippen molar-refractivity contribution < 1.29 is 14.6 Å². The zero-order valence-corrected chi connectivity index (χ0v) is 21.4. The van der Waals surface area contributed by atoms with Crippen LogP contribution in [0.3, 0.4) is 0 Å². The zero-order chi connectivity index (χ0) is 24.6. The van der Waals surface area contributed by atoms with Crippen molar-refractivity contribution >= 4 is 5.97 Å². The first-order valence-electron chi connectivity index (χ1n) is 13.2. The van der Waals surface area contributed by atoms with E-state index in [1.165, 1.54) is 79.2 Å². The number of carbonyl (C=O) groups is 1. The van der Waals surface area contributed by atoms with Crippen LogP contribution >= 0.6 is 0 Å². The zero-order valence-electron chi connectivity index (χ0n) is 21.4. The standard InChI is InChI=1S/C31H44O3/c1-4-5-6-7-8-9-10-11-13-27-17-20-30(28-18-15-26(16-19-28)14-12-22-32)29(24-27)21-23-34-31(33)25(2)3/h15-20,24,32H,2,4-14,21-23H2,1,3H3. The molecule has 0 bridgehead atoms. The van der Waals surface area contributed by atoms with Crippen LogP contribution in [0.2, 0.25) is 0 Å². The summed E-state index contributed by atoms with van der Waals surface area (Å²) in [4.78, 5) is 11.8. The lowest BCUT2D eigenvalue weighted by Gasteiger charge is -2.14. The Morgan fingerprint density at radius 1 is 0.824 bits per heavy atom. The summed E-state index contributed by atoms with van der Waals surface area (Å²) in [6.45, 7) is 8.18. The molecule has 0 aliphatic heterocycles. The average Bonchev–Trinajstić information content (AvgIpc) is 2.84. The van der Waals surface area contributed by atoms with E-state index < -0.39 is 0 Å². The Bertz CT molecular complexity index is 867. The maximum Gasteiger partial charge on any atom is 0.333 e. The van der Waals surface area contributed by atoms with E-state index in [1.54, 1.807) is 6.92 Å². The smallest absolute Gasteiger partial charge is 0.333 e. The van der Waals surface area contributed by atoms with Crippen LogP contribution in [0.4, 0.5) is 0 Å². The van der Waals surface area contributed by atoms with Crippen molar-refractivity contribution in [3.63, 3.8) is 0 Å². The van der Waals surface area contributed by atoms with Crippen molar-refractivity contribution in [1.29, 1.82) is 0 Å². The number of hydrogen-bond donors (Lipinski definition) is 1. The van der Waals surface area contributed by atoms with E-state index >= 15 is 0 Å². The van der Waals surface area contributed by atoms with Gasteiger partial charge < -0.3 is 9.84 Å². The van der Waals surface area contributed by atoms with Crippen molar-refractivity contribution in [1.82, 2.24) is 0 Å². The number of rotatable bonds is 17. The van der Waals surface area contributed by atoms with Crippen LogP contribution in [-0.2, 0) is 28.8 Å². The summed E-state index contributed by atoms with van der Waals surface area (Å²) in [6.07, 6.45) is 14.0. The van der Waals surface area contributed by atoms with Crippen molar-refractivity contribution in [2.75, 3.05) is 13.2 Å². The Morgan fingerprint density at radius 2 is 1.44 bits per heavy atom. The van der Waals surface area contributed by atoms with Gasteiger partial charge in [-0.2, -0.15) is 0 Å². The molecule has 0 saturated carbocycles. The van der Waals surface area contributed by atoms with Crippen molar-refractivity contribution in [3.05, 3.63) is 71.3 Å². The minimum absolute atomic E-state index is 0.217. The fraction of sp³-hybridized carbons (Fsp3) is 0.516. The summed E-state index contributed by atoms with van der Waals surface area (Å²) in [5.74, 6) is -0.329. The number of aryl methyl sites for hydroxylation is 2. The van der Waals surface area contributed by atoms with Crippen molar-refractivity contribution in [3.8, 4) is 11.1 Å². The Balaban J connectivity index is 2.02. The summed E-state index contributed by atoms with van der Waals surface area (Å²) in [5, 5.41) is 9.07. The minimum Gasteiger partial charge on any atom is -0.462 e. The maximum atomic E-state index is 11.8. The second kappa shape index (κ2) is 16.3. The van der Waals surface area contributed by atoms with Gasteiger partial charge in [0.1, 0.15) is 0 Å². The normalized spacial score (nSPS) is 10.9. The van der Waals surface area contributed by atoms with E-state index in [0.29, 0.717) is 18.6 Å². The molecule has 2 rings (SSSR count). The number of hydrogen-bond acceptors (Lipinski definition) is 3. The minimum atomic E-state index is -0.329. The molecule has 3 heteroatoms. The second-order valence-electron chi connectivity index (χ2n) is 9.41. The highest BCUT2D eigenvalue weighted by Gasteiger charge is 2.10. The molecule has 0 radical (unpaired) electrons. The van der Waals surface area contributed by atoms with Gasteiger partial charge >= 0.3 is 5.97 Å². The van der Waals surface area contributed by atoms with E-state index in [0.717, 1.165) is 19.3 Å². The molecule has 0 fully saturated rings. The number of esters is 1. The quantitative estimate of drug-likeness (QED) is 0.149. The lowest BCUT2D eigenvalue weighted by molar-refractivity contribution is -0.138. The maximum absolute atomic E-state index is 11.8. The van der Waals surface area contributed by atoms with Gasteiger partial charge in [-0.1, -0.05) is 101 Å². The van der Waals surface area contributed by atoms with Gasteiger partial charge in [0, 0.05) is 18.6 Å². The lowest BCUT2D eigenvalue weighted by Crippen LogP contribution is -2.08. The Morgan fingerprint density at radius 3 is 2.09 bits per heavy atom. The first kappa shape index (κ1) is 27.9. The summed E-state index contributed by atoms with van der Waals surface area (Å²) in [6, 6.07) is 15.4. The Hall–Kier alpha value is -2.39. The van der Waals surface area contributed by atoms with Crippen LogP contribution in [0.25, 0.3) is 11.1 Å². The molecule has 0 amide bonds. The van der Waals surface area contributed by atoms with E-state index in [1.807, 2.05) is 0 Å². The molecule has 0 atom stereocenters. The van der Waals surface area contributed by atoms with Crippen LogP contribution in [0, 0.1) is 0 Å². The van der Waals surface area contributed by atoms with Gasteiger partial charge in [0.25, 0.3) is 0 Å². The molecule has 0 aromatic heterocycles. The Kier molecular flexibility index (Phi) is 13.3. The van der Waals surface area contributed by atoms with Crippen molar-refractivity contribution in [2.24, 2.45) is 0 Å². The third-order valence-electron chi connectivity index (χ3n) is 6.33. The van der Waals surface area contributed by atoms with Gasteiger partial charge in [-0.15, -0.1) is 0 Å². The van der Waals surface area contributed by atoms with E-state index in [-0.39, 0.29) is 12.6 Å². The van der Waals surface area contributed by atoms with Crippen LogP contribution in [0.15, 0.2) is 54.6 Å². The SMILES string of the molecule is C=C(C)C(=O)OCCc1cc(CCCCCCCCCC)ccc1-c1ccc(CCCO)cc1. The molecule has 0 aliphatic carbocycles. The van der Waals surface area contributed by atoms with E-state index in [4.69, 9.17) is 9.84 Å². The highest BCUT2D eigenvalue weighted by molar-refractivity contribution is 5.86. The number of unbranched alkanes of at least 4 members (excludes halogenated alkanes) is 7. The number of ether oxygens (including phenoxy) is 1. The number of carbonyl (C=O) groups excluding carboxylic acids is 1. The Labute approximate surface area is 207 Å². The fourth-order valence-electron chi connectivity index (χ4n) is 4.27. The molecule has 1 N–H and O–H groups in total. The summed E-state index contributed by atoms with van der Waals surface area (Å²) < 4.78 is 5.39. The highest BCUT2D eigenvalue weighted by Crippen LogP contribution is 2.27. The molecule has 186 valence electrons. The fourth-order valence-corrected chi connectivity index (χ4v) is 4.27. The van der Waals surface area contributed by atoms with Gasteiger partial charge in [-0.3, -0.25) is 0 Å². The first-order chi connectivity index (χ1) is 16.5. The van der Waals surface area contributed by atoms with Crippen LogP contribution < -0.4 is 0 Å². The summed E-state index contributed by atoms with van der Waals surface area (Å²) in [7, 11) is 0. The van der Waals surface area contributed by atoms with Crippen LogP contribution in [-0.4, -0.2) is 24.3 Å². The molecule has 0 saturated heterocycles. The third-order valence-corrected chi connectivity index (χ3v) is 6.33. The van der Waals surface area contributed by atoms with Gasteiger partial charge in [-0.25, -0.2) is 4.79 Å². The largest absolute Gasteiger partial charge is 0.462 e. The van der Waals surface area contributed by atoms with Crippen LogP contribution in [0.1, 0.15) is 88.3 Å². The monoisotopic (exact) mass is 464 g/mol. The second-order valence-corrected chi connectivity index (χ2v) is 9.41. The molecule has 34 heavy (non-hydrogen) atoms. The summed E-state index contributed by atoms with van der Waals surface area (Å²) in [5.41, 5.74) is 6.61. The molecule has 0 spiro atoms.